The minimum atomic E-state index is -0.336. The van der Waals surface area contributed by atoms with Crippen LogP contribution in [-0.2, 0) is 11.4 Å². The standard InChI is InChI=1S/C34H45N5O4/c1-23-11-15-35-21-28(23)22-39(29-7-9-31(42-5)10-8-29)30-13-17-38(18-14-30)26(4)12-16-36-34(41)32-24(2)19-27(20-25(32)3)33(40)37-43-6/h7-11,15,19-21,26,30H,12-14,16-18,22H2,1-6H3,(H,36,41)(H,37,40)/t26-/m1/s1. The Morgan fingerprint density at radius 2 is 1.67 bits per heavy atom. The first-order chi connectivity index (χ1) is 20.7. The summed E-state index contributed by atoms with van der Waals surface area (Å²) < 4.78 is 5.40. The maximum Gasteiger partial charge on any atom is 0.274 e. The zero-order chi connectivity index (χ0) is 30.9. The number of hydrogen-bond donors (Lipinski definition) is 2. The van der Waals surface area contributed by atoms with Crippen LogP contribution in [0.4, 0.5) is 5.69 Å². The van der Waals surface area contributed by atoms with Gasteiger partial charge in [0.25, 0.3) is 11.8 Å². The molecule has 1 aromatic heterocycles. The molecule has 0 unspecified atom stereocenters. The Bertz CT molecular complexity index is 1360. The van der Waals surface area contributed by atoms with Crippen LogP contribution in [-0.4, -0.2) is 67.6 Å². The summed E-state index contributed by atoms with van der Waals surface area (Å²) in [5.41, 5.74) is 8.60. The Labute approximate surface area is 255 Å². The first kappa shape index (κ1) is 32.0. The van der Waals surface area contributed by atoms with Crippen molar-refractivity contribution in [3.8, 4) is 5.75 Å². The second kappa shape index (κ2) is 15.0. The van der Waals surface area contributed by atoms with Crippen LogP contribution in [0.2, 0.25) is 0 Å². The second-order valence-electron chi connectivity index (χ2n) is 11.4. The zero-order valence-electron chi connectivity index (χ0n) is 26.3. The van der Waals surface area contributed by atoms with Crippen molar-refractivity contribution in [2.24, 2.45) is 0 Å². The Kier molecular flexibility index (Phi) is 11.1. The molecule has 0 aliphatic carbocycles. The number of rotatable bonds is 12. The molecule has 0 radical (unpaired) electrons. The monoisotopic (exact) mass is 587 g/mol. The van der Waals surface area contributed by atoms with Crippen LogP contribution < -0.4 is 20.4 Å². The molecule has 9 nitrogen and oxygen atoms in total. The summed E-state index contributed by atoms with van der Waals surface area (Å²) in [6, 6.07) is 14.6. The Balaban J connectivity index is 1.33. The van der Waals surface area contributed by atoms with Crippen molar-refractivity contribution in [2.75, 3.05) is 38.8 Å². The van der Waals surface area contributed by atoms with Gasteiger partial charge >= 0.3 is 0 Å². The fourth-order valence-corrected chi connectivity index (χ4v) is 5.96. The number of carbonyl (C=O) groups is 2. The molecule has 1 atom stereocenters. The Morgan fingerprint density at radius 3 is 2.28 bits per heavy atom. The maximum absolute atomic E-state index is 13.1. The lowest BCUT2D eigenvalue weighted by atomic mass is 9.98. The van der Waals surface area contributed by atoms with Crippen LogP contribution in [0.3, 0.4) is 0 Å². The highest BCUT2D eigenvalue weighted by atomic mass is 16.6. The maximum atomic E-state index is 13.1. The summed E-state index contributed by atoms with van der Waals surface area (Å²) in [5.74, 6) is 0.409. The largest absolute Gasteiger partial charge is 0.497 e. The van der Waals surface area contributed by atoms with E-state index in [0.717, 1.165) is 55.8 Å². The predicted molar refractivity (Wildman–Crippen MR) is 170 cm³/mol. The summed E-state index contributed by atoms with van der Waals surface area (Å²) in [6.45, 7) is 11.5. The smallest absolute Gasteiger partial charge is 0.274 e. The molecule has 1 saturated heterocycles. The van der Waals surface area contributed by atoms with E-state index in [-0.39, 0.29) is 11.8 Å². The van der Waals surface area contributed by atoms with Crippen LogP contribution >= 0.6 is 0 Å². The van der Waals surface area contributed by atoms with Gasteiger partial charge in [-0.1, -0.05) is 0 Å². The van der Waals surface area contributed by atoms with E-state index in [2.05, 4.69) is 57.6 Å². The van der Waals surface area contributed by atoms with E-state index >= 15 is 0 Å². The Hall–Kier alpha value is -3.95. The minimum absolute atomic E-state index is 0.111. The molecule has 1 aliphatic rings. The van der Waals surface area contributed by atoms with Crippen molar-refractivity contribution < 1.29 is 19.2 Å². The van der Waals surface area contributed by atoms with Gasteiger partial charge in [-0.2, -0.15) is 0 Å². The third-order valence-corrected chi connectivity index (χ3v) is 8.52. The number of piperidine rings is 1. The van der Waals surface area contributed by atoms with Crippen LogP contribution in [0.5, 0.6) is 5.75 Å². The molecule has 0 saturated carbocycles. The second-order valence-corrected chi connectivity index (χ2v) is 11.4. The molecule has 2 amide bonds. The number of pyridine rings is 1. The molecule has 3 aromatic rings. The number of hydroxylamine groups is 1. The molecule has 1 fully saturated rings. The van der Waals surface area contributed by atoms with Gasteiger partial charge in [0.1, 0.15) is 5.75 Å². The number of nitrogens with one attached hydrogen (secondary N) is 2. The lowest BCUT2D eigenvalue weighted by Crippen LogP contribution is -2.48. The normalized spacial score (nSPS) is 14.7. The number of benzene rings is 2. The van der Waals surface area contributed by atoms with Gasteiger partial charge in [0.05, 0.1) is 14.2 Å². The molecule has 230 valence electrons. The zero-order valence-corrected chi connectivity index (χ0v) is 26.3. The highest BCUT2D eigenvalue weighted by Gasteiger charge is 2.28. The molecule has 2 N–H and O–H groups in total. The van der Waals surface area contributed by atoms with Crippen molar-refractivity contribution in [2.45, 2.75) is 65.6 Å². The van der Waals surface area contributed by atoms with Gasteiger partial charge in [-0.15, -0.1) is 0 Å². The molecule has 0 spiro atoms. The number of aromatic nitrogens is 1. The molecule has 2 aromatic carbocycles. The van der Waals surface area contributed by atoms with E-state index < -0.39 is 0 Å². The number of anilines is 1. The Morgan fingerprint density at radius 1 is 1.00 bits per heavy atom. The summed E-state index contributed by atoms with van der Waals surface area (Å²) in [6.07, 6.45) is 6.81. The average Bonchev–Trinajstić information content (AvgIpc) is 3.00. The van der Waals surface area contributed by atoms with E-state index in [0.29, 0.717) is 29.8 Å². The lowest BCUT2D eigenvalue weighted by molar-refractivity contribution is 0.0537. The van der Waals surface area contributed by atoms with Gasteiger partial charge in [0.2, 0.25) is 0 Å². The molecule has 1 aliphatic heterocycles. The summed E-state index contributed by atoms with van der Waals surface area (Å²) in [5, 5.41) is 3.10. The van der Waals surface area contributed by atoms with E-state index in [1.54, 1.807) is 19.2 Å². The number of likely N-dealkylation sites (tertiary alicyclic amines) is 1. The number of ether oxygens (including phenoxy) is 1. The van der Waals surface area contributed by atoms with Gasteiger partial charge in [0, 0.05) is 67.5 Å². The van der Waals surface area contributed by atoms with E-state index in [1.165, 1.54) is 23.9 Å². The van der Waals surface area contributed by atoms with Gasteiger partial charge in [0.15, 0.2) is 0 Å². The minimum Gasteiger partial charge on any atom is -0.497 e. The number of hydrogen-bond acceptors (Lipinski definition) is 7. The topological polar surface area (TPSA) is 96.0 Å². The molecule has 0 bridgehead atoms. The molecule has 9 heteroatoms. The summed E-state index contributed by atoms with van der Waals surface area (Å²) >= 11 is 0. The molecule has 43 heavy (non-hydrogen) atoms. The first-order valence-corrected chi connectivity index (χ1v) is 15.0. The number of nitrogens with zero attached hydrogens (tertiary/aromatic N) is 3. The van der Waals surface area contributed by atoms with Crippen molar-refractivity contribution >= 4 is 17.5 Å². The summed E-state index contributed by atoms with van der Waals surface area (Å²) in [4.78, 5) is 39.3. The fraction of sp³-hybridized carbons (Fsp3) is 0.441. The molecular weight excluding hydrogens is 542 g/mol. The van der Waals surface area contributed by atoms with Gasteiger partial charge in [-0.3, -0.25) is 19.4 Å². The quantitative estimate of drug-likeness (QED) is 0.289. The first-order valence-electron chi connectivity index (χ1n) is 15.0. The SMILES string of the molecule is CONC(=O)c1cc(C)c(C(=O)NCC[C@@H](C)N2CCC(N(Cc3cnccc3C)c3ccc(OC)cc3)CC2)c(C)c1. The van der Waals surface area contributed by atoms with E-state index in [9.17, 15) is 9.59 Å². The number of carbonyl (C=O) groups excluding carboxylic acids is 2. The van der Waals surface area contributed by atoms with Crippen molar-refractivity contribution in [3.05, 3.63) is 88.2 Å². The molecule has 2 heterocycles. The number of amides is 2. The summed E-state index contributed by atoms with van der Waals surface area (Å²) in [7, 11) is 3.09. The van der Waals surface area contributed by atoms with Crippen LogP contribution in [0.25, 0.3) is 0 Å². The van der Waals surface area contributed by atoms with E-state index in [4.69, 9.17) is 9.57 Å². The van der Waals surface area contributed by atoms with Crippen LogP contribution in [0, 0.1) is 20.8 Å². The van der Waals surface area contributed by atoms with Crippen LogP contribution in [0.1, 0.15) is 69.2 Å². The fourth-order valence-electron chi connectivity index (χ4n) is 5.96. The molecular formula is C34H45N5O4. The van der Waals surface area contributed by atoms with E-state index in [1.807, 2.05) is 38.4 Å². The van der Waals surface area contributed by atoms with Gasteiger partial charge in [-0.05, 0) is 112 Å². The average molecular weight is 588 g/mol. The lowest BCUT2D eigenvalue weighted by Gasteiger charge is -2.42. The molecule has 4 rings (SSSR count). The predicted octanol–water partition coefficient (Wildman–Crippen LogP) is 4.99. The highest BCUT2D eigenvalue weighted by molar-refractivity contribution is 6.00. The van der Waals surface area contributed by atoms with Gasteiger partial charge < -0.3 is 19.9 Å². The van der Waals surface area contributed by atoms with Crippen molar-refractivity contribution in [3.63, 3.8) is 0 Å². The highest BCUT2D eigenvalue weighted by Crippen LogP contribution is 2.29. The van der Waals surface area contributed by atoms with Crippen LogP contribution in [0.15, 0.2) is 54.9 Å². The third kappa shape index (κ3) is 8.12. The van der Waals surface area contributed by atoms with Crippen molar-refractivity contribution in [1.82, 2.24) is 20.7 Å². The number of aryl methyl sites for hydroxylation is 3. The van der Waals surface area contributed by atoms with Crippen molar-refractivity contribution in [1.29, 1.82) is 0 Å². The van der Waals surface area contributed by atoms with Gasteiger partial charge in [-0.25, -0.2) is 5.48 Å². The third-order valence-electron chi connectivity index (χ3n) is 8.52. The number of methoxy groups -OCH3 is 1.